The maximum absolute atomic E-state index is 9.22. The van der Waals surface area contributed by atoms with Crippen molar-refractivity contribution in [2.24, 2.45) is 5.41 Å². The molecule has 4 nitrogen and oxygen atoms in total. The van der Waals surface area contributed by atoms with Crippen LogP contribution >= 0.6 is 0 Å². The standard InChI is InChI=1S/C13H19NO3/c1-13(8-15,9-16)7-14-11-6-17-12-5-3-2-4-10(11)12/h2-5,11,14-16H,6-9H2,1H3. The smallest absolute Gasteiger partial charge is 0.124 e. The SMILES string of the molecule is CC(CO)(CO)CNC1COc2ccccc21. The van der Waals surface area contributed by atoms with Crippen LogP contribution in [0.3, 0.4) is 0 Å². The first-order valence-electron chi connectivity index (χ1n) is 5.85. The van der Waals surface area contributed by atoms with E-state index in [2.05, 4.69) is 5.32 Å². The quantitative estimate of drug-likeness (QED) is 0.705. The van der Waals surface area contributed by atoms with Crippen LogP contribution in [0, 0.1) is 5.41 Å². The van der Waals surface area contributed by atoms with Crippen molar-refractivity contribution >= 4 is 0 Å². The van der Waals surface area contributed by atoms with E-state index in [1.807, 2.05) is 31.2 Å². The number of benzene rings is 1. The van der Waals surface area contributed by atoms with Gasteiger partial charge in [-0.25, -0.2) is 0 Å². The number of fused-ring (bicyclic) bond motifs is 1. The van der Waals surface area contributed by atoms with Crippen molar-refractivity contribution in [2.75, 3.05) is 26.4 Å². The van der Waals surface area contributed by atoms with Gasteiger partial charge in [-0.15, -0.1) is 0 Å². The van der Waals surface area contributed by atoms with E-state index in [0.29, 0.717) is 13.2 Å². The van der Waals surface area contributed by atoms with Gasteiger partial charge in [-0.2, -0.15) is 0 Å². The molecule has 0 spiro atoms. The monoisotopic (exact) mass is 237 g/mol. The summed E-state index contributed by atoms with van der Waals surface area (Å²) >= 11 is 0. The molecule has 3 N–H and O–H groups in total. The summed E-state index contributed by atoms with van der Waals surface area (Å²) in [6.45, 7) is 2.94. The Morgan fingerprint density at radius 2 is 2.06 bits per heavy atom. The normalized spacial score (nSPS) is 18.9. The van der Waals surface area contributed by atoms with Crippen molar-refractivity contribution in [3.05, 3.63) is 29.8 Å². The number of hydrogen-bond acceptors (Lipinski definition) is 4. The number of nitrogens with one attached hydrogen (secondary N) is 1. The molecule has 94 valence electrons. The second-order valence-corrected chi connectivity index (χ2v) is 4.91. The van der Waals surface area contributed by atoms with E-state index in [1.165, 1.54) is 0 Å². The molecule has 0 amide bonds. The summed E-state index contributed by atoms with van der Waals surface area (Å²) in [5, 5.41) is 21.8. The molecule has 1 atom stereocenters. The number of para-hydroxylation sites is 1. The second kappa shape index (κ2) is 5.04. The van der Waals surface area contributed by atoms with Crippen LogP contribution in [0.2, 0.25) is 0 Å². The average molecular weight is 237 g/mol. The van der Waals surface area contributed by atoms with Crippen LogP contribution in [-0.4, -0.2) is 36.6 Å². The molecule has 0 fully saturated rings. The molecule has 0 saturated heterocycles. The fourth-order valence-electron chi connectivity index (χ4n) is 1.86. The zero-order valence-electron chi connectivity index (χ0n) is 10.0. The number of ether oxygens (including phenoxy) is 1. The molecule has 4 heteroatoms. The van der Waals surface area contributed by atoms with Gasteiger partial charge >= 0.3 is 0 Å². The van der Waals surface area contributed by atoms with Gasteiger partial charge in [-0.3, -0.25) is 0 Å². The minimum Gasteiger partial charge on any atom is -0.491 e. The highest BCUT2D eigenvalue weighted by Gasteiger charge is 2.27. The topological polar surface area (TPSA) is 61.7 Å². The highest BCUT2D eigenvalue weighted by atomic mass is 16.5. The fourth-order valence-corrected chi connectivity index (χ4v) is 1.86. The van der Waals surface area contributed by atoms with Crippen molar-refractivity contribution in [3.63, 3.8) is 0 Å². The molecule has 1 aromatic rings. The number of aliphatic hydroxyl groups excluding tert-OH is 2. The van der Waals surface area contributed by atoms with Gasteiger partial charge in [0.25, 0.3) is 0 Å². The van der Waals surface area contributed by atoms with Gasteiger partial charge in [-0.1, -0.05) is 25.1 Å². The van der Waals surface area contributed by atoms with Crippen LogP contribution in [0.25, 0.3) is 0 Å². The summed E-state index contributed by atoms with van der Waals surface area (Å²) in [7, 11) is 0. The first-order chi connectivity index (χ1) is 8.18. The molecule has 1 unspecified atom stereocenters. The third kappa shape index (κ3) is 2.60. The summed E-state index contributed by atoms with van der Waals surface area (Å²) in [6.07, 6.45) is 0. The Bertz CT molecular complexity index is 377. The molecule has 17 heavy (non-hydrogen) atoms. The highest BCUT2D eigenvalue weighted by Crippen LogP contribution is 2.32. The lowest BCUT2D eigenvalue weighted by molar-refractivity contribution is 0.0664. The Hall–Kier alpha value is -1.10. The predicted molar refractivity (Wildman–Crippen MR) is 65.0 cm³/mol. The number of hydrogen-bond donors (Lipinski definition) is 3. The van der Waals surface area contributed by atoms with Gasteiger partial charge in [0.15, 0.2) is 0 Å². The van der Waals surface area contributed by atoms with Crippen molar-refractivity contribution in [3.8, 4) is 5.75 Å². The van der Waals surface area contributed by atoms with Gasteiger partial charge in [-0.05, 0) is 6.07 Å². The first kappa shape index (κ1) is 12.4. The van der Waals surface area contributed by atoms with Gasteiger partial charge in [0.05, 0.1) is 19.3 Å². The van der Waals surface area contributed by atoms with Gasteiger partial charge < -0.3 is 20.3 Å². The molecule has 1 aromatic carbocycles. The molecular formula is C13H19NO3. The molecule has 0 aliphatic carbocycles. The lowest BCUT2D eigenvalue weighted by atomic mass is 9.92. The number of aliphatic hydroxyl groups is 2. The van der Waals surface area contributed by atoms with Crippen LogP contribution in [0.15, 0.2) is 24.3 Å². The zero-order chi connectivity index (χ0) is 12.3. The fraction of sp³-hybridized carbons (Fsp3) is 0.538. The van der Waals surface area contributed by atoms with Gasteiger partial charge in [0.2, 0.25) is 0 Å². The molecule has 2 rings (SSSR count). The largest absolute Gasteiger partial charge is 0.491 e. The molecule has 0 radical (unpaired) electrons. The Morgan fingerprint density at radius 3 is 2.76 bits per heavy atom. The summed E-state index contributed by atoms with van der Waals surface area (Å²) in [5.41, 5.74) is 0.656. The lowest BCUT2D eigenvalue weighted by Crippen LogP contribution is -2.39. The predicted octanol–water partition coefficient (Wildman–Crippen LogP) is 0.701. The molecule has 0 aromatic heterocycles. The molecule has 1 aliphatic rings. The van der Waals surface area contributed by atoms with E-state index >= 15 is 0 Å². The number of rotatable bonds is 5. The Balaban J connectivity index is 1.98. The minimum atomic E-state index is -0.489. The maximum Gasteiger partial charge on any atom is 0.124 e. The van der Waals surface area contributed by atoms with Crippen LogP contribution < -0.4 is 10.1 Å². The summed E-state index contributed by atoms with van der Waals surface area (Å²) < 4.78 is 5.56. The van der Waals surface area contributed by atoms with Gasteiger partial charge in [0, 0.05) is 17.5 Å². The van der Waals surface area contributed by atoms with Crippen molar-refractivity contribution in [2.45, 2.75) is 13.0 Å². The first-order valence-corrected chi connectivity index (χ1v) is 5.85. The van der Waals surface area contributed by atoms with Crippen LogP contribution in [-0.2, 0) is 0 Å². The molecule has 1 heterocycles. The highest BCUT2D eigenvalue weighted by molar-refractivity contribution is 5.39. The Morgan fingerprint density at radius 1 is 1.35 bits per heavy atom. The Kier molecular flexibility index (Phi) is 3.66. The second-order valence-electron chi connectivity index (χ2n) is 4.91. The third-order valence-electron chi connectivity index (χ3n) is 3.24. The van der Waals surface area contributed by atoms with Crippen LogP contribution in [0.4, 0.5) is 0 Å². The van der Waals surface area contributed by atoms with E-state index in [-0.39, 0.29) is 19.3 Å². The average Bonchev–Trinajstić information content (AvgIpc) is 2.79. The maximum atomic E-state index is 9.22. The lowest BCUT2D eigenvalue weighted by Gasteiger charge is -2.26. The van der Waals surface area contributed by atoms with Crippen molar-refractivity contribution in [1.29, 1.82) is 0 Å². The molecule has 0 saturated carbocycles. The minimum absolute atomic E-state index is 0.0360. The van der Waals surface area contributed by atoms with Crippen LogP contribution in [0.1, 0.15) is 18.5 Å². The van der Waals surface area contributed by atoms with Crippen molar-refractivity contribution < 1.29 is 14.9 Å². The summed E-state index contributed by atoms with van der Waals surface area (Å²) in [6, 6.07) is 8.07. The van der Waals surface area contributed by atoms with Crippen molar-refractivity contribution in [1.82, 2.24) is 5.32 Å². The summed E-state index contributed by atoms with van der Waals surface area (Å²) in [5.74, 6) is 0.916. The van der Waals surface area contributed by atoms with E-state index in [1.54, 1.807) is 0 Å². The van der Waals surface area contributed by atoms with Crippen LogP contribution in [0.5, 0.6) is 5.75 Å². The molecular weight excluding hydrogens is 218 g/mol. The third-order valence-corrected chi connectivity index (χ3v) is 3.24. The van der Waals surface area contributed by atoms with E-state index in [4.69, 9.17) is 4.74 Å². The molecule has 1 aliphatic heterocycles. The Labute approximate surface area is 101 Å². The molecule has 0 bridgehead atoms. The van der Waals surface area contributed by atoms with E-state index in [9.17, 15) is 10.2 Å². The van der Waals surface area contributed by atoms with E-state index in [0.717, 1.165) is 11.3 Å². The van der Waals surface area contributed by atoms with E-state index < -0.39 is 5.41 Å². The summed E-state index contributed by atoms with van der Waals surface area (Å²) in [4.78, 5) is 0. The van der Waals surface area contributed by atoms with Gasteiger partial charge in [0.1, 0.15) is 12.4 Å². The zero-order valence-corrected chi connectivity index (χ0v) is 10.0.